The van der Waals surface area contributed by atoms with Crippen molar-refractivity contribution < 1.29 is 22.8 Å². The van der Waals surface area contributed by atoms with E-state index in [1.165, 1.54) is 44.8 Å². The highest BCUT2D eigenvalue weighted by molar-refractivity contribution is 7.89. The van der Waals surface area contributed by atoms with Gasteiger partial charge in [-0.1, -0.05) is 12.8 Å². The minimum absolute atomic E-state index is 0.156. The molecule has 0 radical (unpaired) electrons. The van der Waals surface area contributed by atoms with E-state index in [1.807, 2.05) is 0 Å². The molecule has 2 aliphatic rings. The molecule has 39 heavy (non-hydrogen) atoms. The number of rotatable bonds is 6. The molecule has 2 aliphatic heterocycles. The zero-order valence-corrected chi connectivity index (χ0v) is 24.6. The number of carbonyl (C=O) groups excluding carboxylic acids is 3. The number of benzene rings is 1. The number of anilines is 1. The standard InChI is InChI=1S/C27H37N5O5S2/c1-18(2)31-16-13-21-22(17-31)38-26(23(21)25(34)29-27(35)30(3)4)28-24(33)19-9-11-20(12-10-19)39(36,37)32-14-7-5-6-8-15-32/h9-12,18H,5-8,13-17H2,1-4H3,(H,28,33)(H,29,34,35). The van der Waals surface area contributed by atoms with E-state index in [9.17, 15) is 22.8 Å². The minimum Gasteiger partial charge on any atom is -0.331 e. The number of sulfonamides is 1. The Kier molecular flexibility index (Phi) is 9.10. The first-order valence-corrected chi connectivity index (χ1v) is 15.6. The molecule has 0 bridgehead atoms. The van der Waals surface area contributed by atoms with Crippen molar-refractivity contribution in [2.24, 2.45) is 0 Å². The lowest BCUT2D eigenvalue weighted by molar-refractivity contribution is 0.0956. The van der Waals surface area contributed by atoms with Gasteiger partial charge in [-0.2, -0.15) is 4.31 Å². The van der Waals surface area contributed by atoms with Gasteiger partial charge >= 0.3 is 6.03 Å². The Balaban J connectivity index is 1.58. The molecule has 1 aromatic heterocycles. The third-order valence-corrected chi connectivity index (χ3v) is 10.3. The summed E-state index contributed by atoms with van der Waals surface area (Å²) in [5.74, 6) is -1.01. The molecule has 1 fully saturated rings. The molecule has 0 aliphatic carbocycles. The van der Waals surface area contributed by atoms with Crippen LogP contribution in [0.15, 0.2) is 29.2 Å². The van der Waals surface area contributed by atoms with E-state index < -0.39 is 27.9 Å². The number of amides is 4. The minimum atomic E-state index is -3.63. The smallest absolute Gasteiger partial charge is 0.323 e. The number of carbonyl (C=O) groups is 3. The molecule has 2 aromatic rings. The lowest BCUT2D eigenvalue weighted by Gasteiger charge is -2.30. The highest BCUT2D eigenvalue weighted by Gasteiger charge is 2.31. The fourth-order valence-electron chi connectivity index (χ4n) is 4.85. The van der Waals surface area contributed by atoms with Crippen LogP contribution in [0.1, 0.15) is 70.7 Å². The first kappa shape index (κ1) is 29.2. The van der Waals surface area contributed by atoms with Gasteiger partial charge in [0.2, 0.25) is 10.0 Å². The van der Waals surface area contributed by atoms with Crippen LogP contribution in [-0.4, -0.2) is 80.1 Å². The van der Waals surface area contributed by atoms with Crippen LogP contribution in [0.2, 0.25) is 0 Å². The molecular formula is C27H37N5O5S2. The van der Waals surface area contributed by atoms with Crippen molar-refractivity contribution in [3.63, 3.8) is 0 Å². The molecule has 4 amide bonds. The largest absolute Gasteiger partial charge is 0.331 e. The molecule has 0 unspecified atom stereocenters. The Hall–Kier alpha value is -2.80. The molecule has 3 heterocycles. The SMILES string of the molecule is CC(C)N1CCc2c(sc(NC(=O)c3ccc(S(=O)(=O)N4CCCCCC4)cc3)c2C(=O)NC(=O)N(C)C)C1. The molecule has 4 rings (SSSR count). The van der Waals surface area contributed by atoms with E-state index in [0.29, 0.717) is 42.7 Å². The van der Waals surface area contributed by atoms with Crippen LogP contribution in [0, 0.1) is 0 Å². The number of nitrogens with zero attached hydrogens (tertiary/aromatic N) is 3. The van der Waals surface area contributed by atoms with E-state index in [0.717, 1.165) is 42.7 Å². The molecule has 1 aromatic carbocycles. The number of thiophene rings is 1. The summed E-state index contributed by atoms with van der Waals surface area (Å²) < 4.78 is 27.7. The fraction of sp³-hybridized carbons (Fsp3) is 0.519. The average molecular weight is 576 g/mol. The second-order valence-corrected chi connectivity index (χ2v) is 13.5. The molecule has 10 nitrogen and oxygen atoms in total. The highest BCUT2D eigenvalue weighted by atomic mass is 32.2. The summed E-state index contributed by atoms with van der Waals surface area (Å²) in [4.78, 5) is 43.3. The van der Waals surface area contributed by atoms with Crippen molar-refractivity contribution in [2.75, 3.05) is 39.0 Å². The maximum Gasteiger partial charge on any atom is 0.323 e. The Morgan fingerprint density at radius 1 is 0.949 bits per heavy atom. The van der Waals surface area contributed by atoms with Crippen molar-refractivity contribution in [2.45, 2.75) is 63.4 Å². The molecule has 12 heteroatoms. The Morgan fingerprint density at radius 3 is 2.18 bits per heavy atom. The van der Waals surface area contributed by atoms with Crippen LogP contribution in [0.4, 0.5) is 9.80 Å². The number of hydrogen-bond acceptors (Lipinski definition) is 7. The predicted octanol–water partition coefficient (Wildman–Crippen LogP) is 3.74. The molecule has 0 spiro atoms. The van der Waals surface area contributed by atoms with Crippen LogP contribution < -0.4 is 10.6 Å². The van der Waals surface area contributed by atoms with E-state index in [-0.39, 0.29) is 10.5 Å². The normalized spacial score (nSPS) is 16.8. The maximum absolute atomic E-state index is 13.2. The van der Waals surface area contributed by atoms with Gasteiger partial charge in [0.15, 0.2) is 0 Å². The fourth-order valence-corrected chi connectivity index (χ4v) is 7.63. The second-order valence-electron chi connectivity index (χ2n) is 10.5. The van der Waals surface area contributed by atoms with Gasteiger partial charge in [0.1, 0.15) is 5.00 Å². The highest BCUT2D eigenvalue weighted by Crippen LogP contribution is 2.38. The zero-order chi connectivity index (χ0) is 28.3. The summed E-state index contributed by atoms with van der Waals surface area (Å²) in [5, 5.41) is 5.63. The van der Waals surface area contributed by atoms with E-state index in [4.69, 9.17) is 0 Å². The molecule has 212 valence electrons. The average Bonchev–Trinajstić information content (AvgIpc) is 3.04. The molecular weight excluding hydrogens is 538 g/mol. The van der Waals surface area contributed by atoms with Gasteiger partial charge < -0.3 is 10.2 Å². The number of hydrogen-bond donors (Lipinski definition) is 2. The van der Waals surface area contributed by atoms with E-state index in [2.05, 4.69) is 29.4 Å². The lowest BCUT2D eigenvalue weighted by atomic mass is 10.0. The molecule has 0 saturated carbocycles. The van der Waals surface area contributed by atoms with Crippen LogP contribution in [-0.2, 0) is 23.0 Å². The number of imide groups is 1. The van der Waals surface area contributed by atoms with Crippen molar-refractivity contribution in [3.8, 4) is 0 Å². The third kappa shape index (κ3) is 6.51. The third-order valence-electron chi connectivity index (χ3n) is 7.22. The monoisotopic (exact) mass is 575 g/mol. The van der Waals surface area contributed by atoms with Gasteiger partial charge in [-0.25, -0.2) is 13.2 Å². The topological polar surface area (TPSA) is 119 Å². The van der Waals surface area contributed by atoms with Gasteiger partial charge in [-0.05, 0) is 62.9 Å². The quantitative estimate of drug-likeness (QED) is 0.542. The molecule has 0 atom stereocenters. The van der Waals surface area contributed by atoms with Gasteiger partial charge in [-0.3, -0.25) is 19.8 Å². The Bertz CT molecular complexity index is 1330. The maximum atomic E-state index is 13.2. The van der Waals surface area contributed by atoms with Gasteiger partial charge in [0.05, 0.1) is 10.5 Å². The van der Waals surface area contributed by atoms with Crippen LogP contribution in [0.5, 0.6) is 0 Å². The second kappa shape index (κ2) is 12.2. The van der Waals surface area contributed by atoms with Crippen molar-refractivity contribution >= 4 is 44.2 Å². The first-order valence-electron chi connectivity index (χ1n) is 13.3. The number of nitrogens with one attached hydrogen (secondary N) is 2. The predicted molar refractivity (Wildman–Crippen MR) is 152 cm³/mol. The Labute approximate surface area is 234 Å². The summed E-state index contributed by atoms with van der Waals surface area (Å²) in [7, 11) is -0.533. The van der Waals surface area contributed by atoms with Gasteiger partial charge in [-0.15, -0.1) is 11.3 Å². The first-order chi connectivity index (χ1) is 18.5. The Morgan fingerprint density at radius 2 is 1.59 bits per heavy atom. The summed E-state index contributed by atoms with van der Waals surface area (Å²) in [6.45, 7) is 6.65. The number of fused-ring (bicyclic) bond motifs is 1. The molecule has 2 N–H and O–H groups in total. The van der Waals surface area contributed by atoms with Crippen molar-refractivity contribution in [1.82, 2.24) is 19.4 Å². The van der Waals surface area contributed by atoms with Gasteiger partial charge in [0, 0.05) is 56.8 Å². The van der Waals surface area contributed by atoms with Crippen molar-refractivity contribution in [3.05, 3.63) is 45.8 Å². The van der Waals surface area contributed by atoms with Crippen molar-refractivity contribution in [1.29, 1.82) is 0 Å². The van der Waals surface area contributed by atoms with Gasteiger partial charge in [0.25, 0.3) is 11.8 Å². The summed E-state index contributed by atoms with van der Waals surface area (Å²) in [5.41, 5.74) is 1.42. The summed E-state index contributed by atoms with van der Waals surface area (Å²) in [6, 6.07) is 5.68. The summed E-state index contributed by atoms with van der Waals surface area (Å²) in [6.07, 6.45) is 4.36. The van der Waals surface area contributed by atoms with Crippen LogP contribution >= 0.6 is 11.3 Å². The van der Waals surface area contributed by atoms with Crippen LogP contribution in [0.25, 0.3) is 0 Å². The van der Waals surface area contributed by atoms with Crippen LogP contribution in [0.3, 0.4) is 0 Å². The van der Waals surface area contributed by atoms with E-state index >= 15 is 0 Å². The molecule has 1 saturated heterocycles. The van der Waals surface area contributed by atoms with E-state index in [1.54, 1.807) is 14.1 Å². The zero-order valence-electron chi connectivity index (χ0n) is 23.0. The number of urea groups is 1. The lowest BCUT2D eigenvalue weighted by Crippen LogP contribution is -2.40. The summed E-state index contributed by atoms with van der Waals surface area (Å²) >= 11 is 1.34.